The van der Waals surface area contributed by atoms with E-state index < -0.39 is 18.4 Å². The molecule has 0 atom stereocenters. The summed E-state index contributed by atoms with van der Waals surface area (Å²) in [4.78, 5) is 35.0. The third kappa shape index (κ3) is 3.90. The molecule has 1 heterocycles. The molecule has 0 aromatic rings. The first-order valence-corrected chi connectivity index (χ1v) is 5.87. The molecule has 3 N–H and O–H groups in total. The first kappa shape index (κ1) is 14.3. The highest BCUT2D eigenvalue weighted by Crippen LogP contribution is 2.27. The molecule has 7 nitrogen and oxygen atoms in total. The lowest BCUT2D eigenvalue weighted by atomic mass is 10.0. The van der Waals surface area contributed by atoms with E-state index in [1.54, 1.807) is 4.90 Å². The standard InChI is InChI=1S/C11H19N3O4/c1-11(2)4-3-5-14(11)10(18)13-6-8(15)12-7-9(16)17/h3-7H2,1-2H3,(H,12,15)(H,13,18)(H,16,17). The Hall–Kier alpha value is -1.79. The van der Waals surface area contributed by atoms with Gasteiger partial charge in [0.2, 0.25) is 5.91 Å². The van der Waals surface area contributed by atoms with E-state index in [0.717, 1.165) is 12.8 Å². The fraction of sp³-hybridized carbons (Fsp3) is 0.727. The number of rotatable bonds is 4. The Kier molecular flexibility index (Phi) is 4.52. The van der Waals surface area contributed by atoms with Gasteiger partial charge in [-0.05, 0) is 26.7 Å². The Morgan fingerprint density at radius 2 is 1.89 bits per heavy atom. The molecule has 0 aromatic heterocycles. The highest BCUT2D eigenvalue weighted by Gasteiger charge is 2.35. The maximum Gasteiger partial charge on any atom is 0.322 e. The minimum absolute atomic E-state index is 0.193. The lowest BCUT2D eigenvalue weighted by molar-refractivity contribution is -0.137. The summed E-state index contributed by atoms with van der Waals surface area (Å²) in [5.74, 6) is -1.63. The van der Waals surface area contributed by atoms with Gasteiger partial charge in [-0.25, -0.2) is 4.79 Å². The molecule has 7 heteroatoms. The average molecular weight is 257 g/mol. The van der Waals surface area contributed by atoms with Gasteiger partial charge in [0, 0.05) is 12.1 Å². The van der Waals surface area contributed by atoms with Crippen LogP contribution in [0, 0.1) is 0 Å². The minimum atomic E-state index is -1.12. The maximum atomic E-state index is 11.8. The van der Waals surface area contributed by atoms with Crippen molar-refractivity contribution in [2.24, 2.45) is 0 Å². The van der Waals surface area contributed by atoms with E-state index in [1.807, 2.05) is 13.8 Å². The van der Waals surface area contributed by atoms with Crippen LogP contribution in [-0.4, -0.2) is 53.1 Å². The number of hydrogen-bond acceptors (Lipinski definition) is 3. The van der Waals surface area contributed by atoms with Crippen LogP contribution in [-0.2, 0) is 9.59 Å². The topological polar surface area (TPSA) is 98.7 Å². The van der Waals surface area contributed by atoms with Gasteiger partial charge >= 0.3 is 12.0 Å². The number of likely N-dealkylation sites (tertiary alicyclic amines) is 1. The first-order chi connectivity index (χ1) is 8.33. The number of urea groups is 1. The highest BCUT2D eigenvalue weighted by atomic mass is 16.4. The van der Waals surface area contributed by atoms with Gasteiger partial charge in [-0.15, -0.1) is 0 Å². The summed E-state index contributed by atoms with van der Waals surface area (Å²) >= 11 is 0. The van der Waals surface area contributed by atoms with Crippen LogP contribution in [0.3, 0.4) is 0 Å². The smallest absolute Gasteiger partial charge is 0.322 e. The largest absolute Gasteiger partial charge is 0.480 e. The van der Waals surface area contributed by atoms with Crippen LogP contribution in [0.4, 0.5) is 4.79 Å². The molecule has 3 amide bonds. The number of aliphatic carboxylic acids is 1. The van der Waals surface area contributed by atoms with E-state index in [4.69, 9.17) is 5.11 Å². The molecule has 0 aromatic carbocycles. The highest BCUT2D eigenvalue weighted by molar-refractivity contribution is 5.86. The van der Waals surface area contributed by atoms with E-state index in [9.17, 15) is 14.4 Å². The van der Waals surface area contributed by atoms with E-state index >= 15 is 0 Å². The van der Waals surface area contributed by atoms with Crippen LogP contribution in [0.1, 0.15) is 26.7 Å². The molecule has 1 saturated heterocycles. The number of hydrogen-bond donors (Lipinski definition) is 3. The van der Waals surface area contributed by atoms with Crippen molar-refractivity contribution in [3.05, 3.63) is 0 Å². The normalized spacial score (nSPS) is 17.3. The number of carbonyl (C=O) groups is 3. The number of carbonyl (C=O) groups excluding carboxylic acids is 2. The molecular formula is C11H19N3O4. The van der Waals surface area contributed by atoms with Crippen molar-refractivity contribution in [1.29, 1.82) is 0 Å². The van der Waals surface area contributed by atoms with Crippen molar-refractivity contribution in [1.82, 2.24) is 15.5 Å². The second-order valence-electron chi connectivity index (χ2n) is 4.90. The zero-order valence-corrected chi connectivity index (χ0v) is 10.7. The van der Waals surface area contributed by atoms with Crippen LogP contribution in [0.5, 0.6) is 0 Å². The van der Waals surface area contributed by atoms with Gasteiger partial charge in [-0.1, -0.05) is 0 Å². The molecular weight excluding hydrogens is 238 g/mol. The Morgan fingerprint density at radius 3 is 2.39 bits per heavy atom. The van der Waals surface area contributed by atoms with Crippen molar-refractivity contribution in [3.63, 3.8) is 0 Å². The molecule has 0 unspecified atom stereocenters. The molecule has 1 fully saturated rings. The zero-order chi connectivity index (χ0) is 13.8. The van der Waals surface area contributed by atoms with E-state index in [1.165, 1.54) is 0 Å². The van der Waals surface area contributed by atoms with Crippen LogP contribution in [0.15, 0.2) is 0 Å². The molecule has 0 radical (unpaired) electrons. The third-order valence-corrected chi connectivity index (χ3v) is 2.98. The molecule has 0 aliphatic carbocycles. The van der Waals surface area contributed by atoms with E-state index in [2.05, 4.69) is 10.6 Å². The van der Waals surface area contributed by atoms with Gasteiger partial charge in [0.15, 0.2) is 0 Å². The SMILES string of the molecule is CC1(C)CCCN1C(=O)NCC(=O)NCC(=O)O. The summed E-state index contributed by atoms with van der Waals surface area (Å²) in [5.41, 5.74) is -0.193. The van der Waals surface area contributed by atoms with E-state index in [-0.39, 0.29) is 18.1 Å². The second kappa shape index (κ2) is 5.70. The molecule has 1 aliphatic heterocycles. The fourth-order valence-corrected chi connectivity index (χ4v) is 1.97. The molecule has 0 spiro atoms. The number of carboxylic acid groups (broad SMARTS) is 1. The van der Waals surface area contributed by atoms with E-state index in [0.29, 0.717) is 6.54 Å². The van der Waals surface area contributed by atoms with Crippen LogP contribution >= 0.6 is 0 Å². The quantitative estimate of drug-likeness (QED) is 0.648. The number of carboxylic acids is 1. The monoisotopic (exact) mass is 257 g/mol. The predicted octanol–water partition coefficient (Wildman–Crippen LogP) is -0.229. The summed E-state index contributed by atoms with van der Waals surface area (Å²) in [6.45, 7) is 3.98. The molecule has 0 saturated carbocycles. The predicted molar refractivity (Wildman–Crippen MR) is 64.1 cm³/mol. The molecule has 102 valence electrons. The zero-order valence-electron chi connectivity index (χ0n) is 10.7. The van der Waals surface area contributed by atoms with Crippen LogP contribution in [0.2, 0.25) is 0 Å². The fourth-order valence-electron chi connectivity index (χ4n) is 1.97. The van der Waals surface area contributed by atoms with Crippen LogP contribution in [0.25, 0.3) is 0 Å². The molecule has 0 bridgehead atoms. The third-order valence-electron chi connectivity index (χ3n) is 2.98. The van der Waals surface area contributed by atoms with Crippen molar-refractivity contribution in [3.8, 4) is 0 Å². The summed E-state index contributed by atoms with van der Waals surface area (Å²) < 4.78 is 0. The summed E-state index contributed by atoms with van der Waals surface area (Å²) in [5, 5.41) is 13.0. The van der Waals surface area contributed by atoms with Gasteiger partial charge in [0.25, 0.3) is 0 Å². The number of nitrogens with one attached hydrogen (secondary N) is 2. The van der Waals surface area contributed by atoms with Crippen molar-refractivity contribution < 1.29 is 19.5 Å². The minimum Gasteiger partial charge on any atom is -0.480 e. The first-order valence-electron chi connectivity index (χ1n) is 5.87. The number of amides is 3. The van der Waals surface area contributed by atoms with Gasteiger partial charge in [-0.3, -0.25) is 9.59 Å². The Morgan fingerprint density at radius 1 is 1.22 bits per heavy atom. The van der Waals surface area contributed by atoms with Crippen molar-refractivity contribution in [2.45, 2.75) is 32.2 Å². The summed E-state index contributed by atoms with van der Waals surface area (Å²) in [6.07, 6.45) is 1.89. The summed E-state index contributed by atoms with van der Waals surface area (Å²) in [6, 6.07) is -0.289. The average Bonchev–Trinajstić information content (AvgIpc) is 2.63. The molecule has 1 rings (SSSR count). The summed E-state index contributed by atoms with van der Waals surface area (Å²) in [7, 11) is 0. The van der Waals surface area contributed by atoms with Gasteiger partial charge in [-0.2, -0.15) is 0 Å². The van der Waals surface area contributed by atoms with Gasteiger partial charge in [0.05, 0.1) is 6.54 Å². The molecule has 1 aliphatic rings. The lowest BCUT2D eigenvalue weighted by Crippen LogP contribution is -2.50. The number of nitrogens with zero attached hydrogens (tertiary/aromatic N) is 1. The van der Waals surface area contributed by atoms with Crippen molar-refractivity contribution >= 4 is 17.9 Å². The second-order valence-corrected chi connectivity index (χ2v) is 4.90. The van der Waals surface area contributed by atoms with Crippen LogP contribution < -0.4 is 10.6 Å². The van der Waals surface area contributed by atoms with Gasteiger partial charge < -0.3 is 20.6 Å². The molecule has 18 heavy (non-hydrogen) atoms. The maximum absolute atomic E-state index is 11.8. The Bertz CT molecular complexity index is 354. The lowest BCUT2D eigenvalue weighted by Gasteiger charge is -2.31. The van der Waals surface area contributed by atoms with Gasteiger partial charge in [0.1, 0.15) is 6.54 Å². The Labute approximate surface area is 106 Å². The Balaban J connectivity index is 2.33. The van der Waals surface area contributed by atoms with Crippen molar-refractivity contribution in [2.75, 3.05) is 19.6 Å².